The molecule has 30 heavy (non-hydrogen) atoms. The monoisotopic (exact) mass is 406 g/mol. The van der Waals surface area contributed by atoms with E-state index < -0.39 is 0 Å². The van der Waals surface area contributed by atoms with Gasteiger partial charge in [-0.15, -0.1) is 0 Å². The zero-order valence-electron chi connectivity index (χ0n) is 17.7. The average Bonchev–Trinajstić information content (AvgIpc) is 3.24. The number of likely N-dealkylation sites (tertiary alicyclic amines) is 2. The van der Waals surface area contributed by atoms with Crippen molar-refractivity contribution in [3.05, 3.63) is 53.9 Å². The highest BCUT2D eigenvalue weighted by molar-refractivity contribution is 5.93. The molecule has 1 atom stereocenters. The molecule has 1 aromatic heterocycles. The van der Waals surface area contributed by atoms with Gasteiger partial charge in [0.15, 0.2) is 0 Å². The fraction of sp³-hybridized carbons (Fsp3) is 0.542. The van der Waals surface area contributed by atoms with Gasteiger partial charge in [-0.05, 0) is 37.3 Å². The van der Waals surface area contributed by atoms with Crippen molar-refractivity contribution in [2.75, 3.05) is 13.1 Å². The zero-order chi connectivity index (χ0) is 20.7. The van der Waals surface area contributed by atoms with Gasteiger partial charge in [0.25, 0.3) is 5.91 Å². The van der Waals surface area contributed by atoms with E-state index in [4.69, 9.17) is 0 Å². The highest BCUT2D eigenvalue weighted by Gasteiger charge is 2.62. The predicted molar refractivity (Wildman–Crippen MR) is 114 cm³/mol. The maximum absolute atomic E-state index is 13.5. The summed E-state index contributed by atoms with van der Waals surface area (Å²) >= 11 is 0. The molecule has 1 saturated carbocycles. The summed E-state index contributed by atoms with van der Waals surface area (Å²) in [6.07, 6.45) is 9.04. The minimum atomic E-state index is -0.194. The van der Waals surface area contributed by atoms with Gasteiger partial charge in [-0.3, -0.25) is 14.3 Å². The molecule has 1 unspecified atom stereocenters. The first-order valence-electron chi connectivity index (χ1n) is 11.3. The molecule has 3 fully saturated rings. The molecular weight excluding hydrogens is 376 g/mol. The van der Waals surface area contributed by atoms with E-state index in [2.05, 4.69) is 34.3 Å². The lowest BCUT2D eigenvalue weighted by atomic mass is 9.59. The highest BCUT2D eigenvalue weighted by atomic mass is 16.2. The minimum Gasteiger partial charge on any atom is -0.337 e. The summed E-state index contributed by atoms with van der Waals surface area (Å²) in [4.78, 5) is 30.3. The van der Waals surface area contributed by atoms with Crippen LogP contribution in [0, 0.1) is 5.41 Å². The molecule has 0 N–H and O–H groups in total. The first-order chi connectivity index (χ1) is 14.6. The van der Waals surface area contributed by atoms with Gasteiger partial charge in [0.1, 0.15) is 5.69 Å². The van der Waals surface area contributed by atoms with Crippen molar-refractivity contribution in [1.82, 2.24) is 19.6 Å². The Hall–Kier alpha value is -2.63. The van der Waals surface area contributed by atoms with Gasteiger partial charge in [-0.25, -0.2) is 0 Å². The highest BCUT2D eigenvalue weighted by Crippen LogP contribution is 2.59. The summed E-state index contributed by atoms with van der Waals surface area (Å²) in [5.74, 6) is 0.345. The van der Waals surface area contributed by atoms with Crippen molar-refractivity contribution in [3.63, 3.8) is 0 Å². The maximum Gasteiger partial charge on any atom is 0.274 e. The van der Waals surface area contributed by atoms with E-state index in [0.29, 0.717) is 24.7 Å². The van der Waals surface area contributed by atoms with Crippen molar-refractivity contribution < 1.29 is 9.59 Å². The second-order valence-corrected chi connectivity index (χ2v) is 9.14. The van der Waals surface area contributed by atoms with Crippen molar-refractivity contribution in [2.24, 2.45) is 12.5 Å². The second kappa shape index (κ2) is 7.56. The molecule has 5 rings (SSSR count). The number of rotatable bonds is 3. The summed E-state index contributed by atoms with van der Waals surface area (Å²) in [7, 11) is 1.82. The maximum atomic E-state index is 13.5. The van der Waals surface area contributed by atoms with Crippen LogP contribution in [0.2, 0.25) is 0 Å². The Bertz CT molecular complexity index is 924. The Kier molecular flexibility index (Phi) is 4.88. The number of aromatic nitrogens is 2. The normalized spacial score (nSPS) is 24.2. The number of hydrogen-bond donors (Lipinski definition) is 0. The van der Waals surface area contributed by atoms with Crippen LogP contribution < -0.4 is 0 Å². The molecule has 6 nitrogen and oxygen atoms in total. The van der Waals surface area contributed by atoms with Crippen LogP contribution in [0.3, 0.4) is 0 Å². The third-order valence-corrected chi connectivity index (χ3v) is 7.40. The van der Waals surface area contributed by atoms with Gasteiger partial charge < -0.3 is 9.80 Å². The number of piperidine rings is 1. The average molecular weight is 407 g/mol. The Morgan fingerprint density at radius 1 is 1.03 bits per heavy atom. The molecular formula is C24H30N4O2. The zero-order valence-corrected chi connectivity index (χ0v) is 17.7. The molecule has 6 heteroatoms. The molecule has 0 bridgehead atoms. The van der Waals surface area contributed by atoms with Crippen molar-refractivity contribution >= 4 is 11.8 Å². The van der Waals surface area contributed by atoms with Crippen LogP contribution in [0.25, 0.3) is 0 Å². The molecule has 1 aromatic carbocycles. The number of hydrogen-bond acceptors (Lipinski definition) is 3. The molecule has 2 saturated heterocycles. The third kappa shape index (κ3) is 3.04. The lowest BCUT2D eigenvalue weighted by Gasteiger charge is -2.61. The van der Waals surface area contributed by atoms with E-state index in [1.165, 1.54) is 12.0 Å². The molecule has 1 spiro atoms. The fourth-order valence-corrected chi connectivity index (χ4v) is 5.89. The minimum absolute atomic E-state index is 0.00709. The van der Waals surface area contributed by atoms with Crippen LogP contribution in [0.15, 0.2) is 42.6 Å². The molecule has 2 aromatic rings. The SMILES string of the molecule is Cn1ccc(C(=O)N2CCC(N3C(=O)C4(CCCCC4)C3c3ccccc3)CC2)n1. The Morgan fingerprint density at radius 3 is 2.37 bits per heavy atom. The third-order valence-electron chi connectivity index (χ3n) is 7.40. The van der Waals surface area contributed by atoms with Gasteiger partial charge in [0, 0.05) is 32.4 Å². The quantitative estimate of drug-likeness (QED) is 0.733. The number of benzene rings is 1. The van der Waals surface area contributed by atoms with Crippen LogP contribution in [0.1, 0.15) is 67.0 Å². The van der Waals surface area contributed by atoms with Crippen LogP contribution in [-0.2, 0) is 11.8 Å². The van der Waals surface area contributed by atoms with Crippen LogP contribution in [0.4, 0.5) is 0 Å². The molecule has 0 radical (unpaired) electrons. The predicted octanol–water partition coefficient (Wildman–Crippen LogP) is 3.56. The van der Waals surface area contributed by atoms with Crippen LogP contribution in [-0.4, -0.2) is 50.5 Å². The van der Waals surface area contributed by atoms with E-state index in [1.54, 1.807) is 16.9 Å². The largest absolute Gasteiger partial charge is 0.337 e. The molecule has 2 aliphatic heterocycles. The summed E-state index contributed by atoms with van der Waals surface area (Å²) in [6.45, 7) is 1.36. The summed E-state index contributed by atoms with van der Waals surface area (Å²) in [5.41, 5.74) is 1.57. The molecule has 3 heterocycles. The number of nitrogens with zero attached hydrogens (tertiary/aromatic N) is 4. The molecule has 2 amide bonds. The number of amides is 2. The van der Waals surface area contributed by atoms with Crippen LogP contribution >= 0.6 is 0 Å². The molecule has 158 valence electrons. The first-order valence-corrected chi connectivity index (χ1v) is 11.3. The molecule has 3 aliphatic rings. The van der Waals surface area contributed by atoms with E-state index >= 15 is 0 Å². The van der Waals surface area contributed by atoms with Gasteiger partial charge in [0.2, 0.25) is 5.91 Å². The second-order valence-electron chi connectivity index (χ2n) is 9.14. The van der Waals surface area contributed by atoms with E-state index in [1.807, 2.05) is 18.0 Å². The lowest BCUT2D eigenvalue weighted by molar-refractivity contribution is -0.186. The first kappa shape index (κ1) is 19.3. The van der Waals surface area contributed by atoms with Crippen molar-refractivity contribution in [1.29, 1.82) is 0 Å². The standard InChI is InChI=1S/C24H30N4O2/c1-26-15-12-20(25-26)22(29)27-16-10-19(11-17-27)28-21(18-8-4-2-5-9-18)24(23(28)30)13-6-3-7-14-24/h2,4-5,8-9,12,15,19,21H,3,6-7,10-11,13-14,16-17H2,1H3. The van der Waals surface area contributed by atoms with Crippen LogP contribution in [0.5, 0.6) is 0 Å². The Labute approximate surface area is 177 Å². The lowest BCUT2D eigenvalue weighted by Crippen LogP contribution is -2.67. The smallest absolute Gasteiger partial charge is 0.274 e. The van der Waals surface area contributed by atoms with Gasteiger partial charge in [-0.1, -0.05) is 49.6 Å². The summed E-state index contributed by atoms with van der Waals surface area (Å²) in [6, 6.07) is 12.7. The van der Waals surface area contributed by atoms with Gasteiger partial charge in [0.05, 0.1) is 11.5 Å². The van der Waals surface area contributed by atoms with Crippen molar-refractivity contribution in [2.45, 2.75) is 57.0 Å². The van der Waals surface area contributed by atoms with E-state index in [9.17, 15) is 9.59 Å². The number of carbonyl (C=O) groups excluding carboxylic acids is 2. The Balaban J connectivity index is 1.32. The van der Waals surface area contributed by atoms with Crippen molar-refractivity contribution in [3.8, 4) is 0 Å². The molecule has 1 aliphatic carbocycles. The van der Waals surface area contributed by atoms with E-state index in [0.717, 1.165) is 38.5 Å². The number of aryl methyl sites for hydroxylation is 1. The van der Waals surface area contributed by atoms with Gasteiger partial charge in [-0.2, -0.15) is 5.10 Å². The topological polar surface area (TPSA) is 58.4 Å². The Morgan fingerprint density at radius 2 is 1.73 bits per heavy atom. The summed E-state index contributed by atoms with van der Waals surface area (Å²) < 4.78 is 1.66. The summed E-state index contributed by atoms with van der Waals surface area (Å²) in [5, 5.41) is 4.25. The van der Waals surface area contributed by atoms with E-state index in [-0.39, 0.29) is 23.4 Å². The van der Waals surface area contributed by atoms with Gasteiger partial charge >= 0.3 is 0 Å². The number of carbonyl (C=O) groups is 2. The fourth-order valence-electron chi connectivity index (χ4n) is 5.89. The number of β-lactam (4-membered cyclic amide) rings is 1.